The van der Waals surface area contributed by atoms with E-state index >= 15 is 0 Å². The van der Waals surface area contributed by atoms with E-state index < -0.39 is 10.8 Å². The average Bonchev–Trinajstić information content (AvgIpc) is 2.12. The maximum absolute atomic E-state index is 11.6. The number of rotatable bonds is 2. The van der Waals surface area contributed by atoms with Crippen molar-refractivity contribution in [2.24, 2.45) is 0 Å². The van der Waals surface area contributed by atoms with Gasteiger partial charge in [-0.2, -0.15) is 0 Å². The van der Waals surface area contributed by atoms with Gasteiger partial charge in [0, 0.05) is 10.7 Å². The van der Waals surface area contributed by atoms with Crippen LogP contribution in [0.3, 0.4) is 0 Å². The summed E-state index contributed by atoms with van der Waals surface area (Å²) in [5.41, 5.74) is 2.00. The second-order valence-corrected chi connectivity index (χ2v) is 4.42. The molecule has 0 fully saturated rings. The fourth-order valence-electron chi connectivity index (χ4n) is 1.32. The summed E-state index contributed by atoms with van der Waals surface area (Å²) in [6.07, 6.45) is 6.34. The van der Waals surface area contributed by atoms with E-state index in [9.17, 15) is 4.21 Å². The zero-order chi connectivity index (χ0) is 9.84. The molecule has 1 aliphatic rings. The summed E-state index contributed by atoms with van der Waals surface area (Å²) in [7, 11) is -0.868. The maximum Gasteiger partial charge on any atom is 0.0538 e. The first-order chi connectivity index (χ1) is 6.20. The monoisotopic (exact) mass is 194 g/mol. The van der Waals surface area contributed by atoms with E-state index in [0.717, 1.165) is 22.5 Å². The molecule has 0 aromatic heterocycles. The quantitative estimate of drug-likeness (QED) is 0.660. The Labute approximate surface area is 82.0 Å². The maximum atomic E-state index is 11.6. The zero-order valence-electron chi connectivity index (χ0n) is 7.88. The smallest absolute Gasteiger partial charge is 0.0538 e. The summed E-state index contributed by atoms with van der Waals surface area (Å²) in [5.74, 6) is 0.690. The first kappa shape index (κ1) is 10.2. The molecule has 70 valence electrons. The van der Waals surface area contributed by atoms with E-state index in [1.807, 2.05) is 19.1 Å². The summed E-state index contributed by atoms with van der Waals surface area (Å²) in [4.78, 5) is 0.869. The van der Waals surface area contributed by atoms with E-state index in [1.54, 1.807) is 6.08 Å². The number of allylic oxidation sites excluding steroid dienone is 5. The molecule has 0 saturated carbocycles. The van der Waals surface area contributed by atoms with Crippen molar-refractivity contribution in [1.82, 2.24) is 0 Å². The zero-order valence-corrected chi connectivity index (χ0v) is 8.69. The number of hydrogen-bond acceptors (Lipinski definition) is 1. The van der Waals surface area contributed by atoms with Gasteiger partial charge in [-0.1, -0.05) is 25.3 Å². The van der Waals surface area contributed by atoms with Crippen LogP contribution in [0.1, 0.15) is 13.3 Å². The van der Waals surface area contributed by atoms with Crippen LogP contribution in [-0.4, -0.2) is 9.96 Å². The first-order valence-electron chi connectivity index (χ1n) is 4.26. The standard InChI is InChI=1S/C11H14OS/c1-4-6-11-10(5-2)9(3)7-8-13(11)12/h4-6H,2-3,7-8H2,1H3/b6-4-. The lowest BCUT2D eigenvalue weighted by molar-refractivity contribution is 0.685. The highest BCUT2D eigenvalue weighted by atomic mass is 32.2. The molecule has 1 atom stereocenters. The van der Waals surface area contributed by atoms with Gasteiger partial charge in [0.2, 0.25) is 0 Å². The van der Waals surface area contributed by atoms with Crippen LogP contribution in [0, 0.1) is 0 Å². The normalized spacial score (nSPS) is 24.1. The fourth-order valence-corrected chi connectivity index (χ4v) is 2.73. The minimum atomic E-state index is -0.868. The molecular formula is C11H14OS. The Kier molecular flexibility index (Phi) is 3.43. The van der Waals surface area contributed by atoms with Crippen molar-refractivity contribution >= 4 is 10.8 Å². The Bertz CT molecular complexity index is 321. The van der Waals surface area contributed by atoms with Gasteiger partial charge in [0.05, 0.1) is 10.8 Å². The van der Waals surface area contributed by atoms with Gasteiger partial charge < -0.3 is 0 Å². The van der Waals surface area contributed by atoms with Gasteiger partial charge in [0.1, 0.15) is 0 Å². The largest absolute Gasteiger partial charge is 0.254 e. The van der Waals surface area contributed by atoms with Crippen LogP contribution in [0.4, 0.5) is 0 Å². The van der Waals surface area contributed by atoms with E-state index in [2.05, 4.69) is 13.2 Å². The second-order valence-electron chi connectivity index (χ2n) is 2.89. The van der Waals surface area contributed by atoms with E-state index in [-0.39, 0.29) is 0 Å². The summed E-state index contributed by atoms with van der Waals surface area (Å²) < 4.78 is 11.6. The van der Waals surface area contributed by atoms with Gasteiger partial charge in [-0.15, -0.1) is 0 Å². The molecule has 1 rings (SSSR count). The Morgan fingerprint density at radius 3 is 2.77 bits per heavy atom. The molecule has 13 heavy (non-hydrogen) atoms. The van der Waals surface area contributed by atoms with Gasteiger partial charge in [0.15, 0.2) is 0 Å². The van der Waals surface area contributed by atoms with Gasteiger partial charge in [-0.3, -0.25) is 4.21 Å². The molecule has 0 N–H and O–H groups in total. The Morgan fingerprint density at radius 1 is 1.54 bits per heavy atom. The highest BCUT2D eigenvalue weighted by Gasteiger charge is 2.17. The lowest BCUT2D eigenvalue weighted by Crippen LogP contribution is -2.10. The van der Waals surface area contributed by atoms with Crippen LogP contribution < -0.4 is 0 Å². The van der Waals surface area contributed by atoms with Crippen molar-refractivity contribution in [1.29, 1.82) is 0 Å². The molecule has 0 bridgehead atoms. The van der Waals surface area contributed by atoms with Crippen molar-refractivity contribution in [3.8, 4) is 0 Å². The summed E-state index contributed by atoms with van der Waals surface area (Å²) in [6, 6.07) is 0. The lowest BCUT2D eigenvalue weighted by atomic mass is 10.0. The fraction of sp³-hybridized carbons (Fsp3) is 0.273. The highest BCUT2D eigenvalue weighted by molar-refractivity contribution is 7.89. The van der Waals surface area contributed by atoms with Crippen LogP contribution in [0.15, 0.2) is 47.4 Å². The van der Waals surface area contributed by atoms with Crippen molar-refractivity contribution < 1.29 is 4.21 Å². The predicted octanol–water partition coefficient (Wildman–Crippen LogP) is 2.71. The van der Waals surface area contributed by atoms with Crippen LogP contribution in [0.25, 0.3) is 0 Å². The molecule has 1 aliphatic heterocycles. The van der Waals surface area contributed by atoms with Gasteiger partial charge >= 0.3 is 0 Å². The van der Waals surface area contributed by atoms with Crippen molar-refractivity contribution in [2.45, 2.75) is 13.3 Å². The van der Waals surface area contributed by atoms with E-state index in [1.165, 1.54) is 0 Å². The van der Waals surface area contributed by atoms with Gasteiger partial charge in [-0.25, -0.2) is 0 Å². The molecule has 0 aliphatic carbocycles. The molecule has 0 radical (unpaired) electrons. The van der Waals surface area contributed by atoms with Gasteiger partial charge in [-0.05, 0) is 30.6 Å². The van der Waals surface area contributed by atoms with Crippen molar-refractivity contribution in [2.75, 3.05) is 5.75 Å². The third kappa shape index (κ3) is 2.07. The Hall–Kier alpha value is -0.890. The molecule has 0 amide bonds. The second kappa shape index (κ2) is 4.38. The Balaban J connectivity index is 3.22. The van der Waals surface area contributed by atoms with Crippen LogP contribution in [0.2, 0.25) is 0 Å². The van der Waals surface area contributed by atoms with Crippen LogP contribution in [-0.2, 0) is 10.8 Å². The molecule has 0 saturated heterocycles. The third-order valence-electron chi connectivity index (χ3n) is 2.00. The lowest BCUT2D eigenvalue weighted by Gasteiger charge is -2.17. The molecule has 2 heteroatoms. The van der Waals surface area contributed by atoms with Crippen molar-refractivity contribution in [3.63, 3.8) is 0 Å². The van der Waals surface area contributed by atoms with E-state index in [0.29, 0.717) is 5.75 Å². The summed E-state index contributed by atoms with van der Waals surface area (Å²) >= 11 is 0. The molecule has 0 aromatic rings. The van der Waals surface area contributed by atoms with E-state index in [4.69, 9.17) is 0 Å². The summed E-state index contributed by atoms with van der Waals surface area (Å²) in [6.45, 7) is 9.57. The van der Waals surface area contributed by atoms with Crippen molar-refractivity contribution in [3.05, 3.63) is 47.4 Å². The highest BCUT2D eigenvalue weighted by Crippen LogP contribution is 2.27. The summed E-state index contributed by atoms with van der Waals surface area (Å²) in [5, 5.41) is 0. The Morgan fingerprint density at radius 2 is 2.23 bits per heavy atom. The molecular weight excluding hydrogens is 180 g/mol. The minimum Gasteiger partial charge on any atom is -0.254 e. The molecule has 0 spiro atoms. The topological polar surface area (TPSA) is 17.1 Å². The third-order valence-corrected chi connectivity index (χ3v) is 3.42. The predicted molar refractivity (Wildman–Crippen MR) is 58.8 cm³/mol. The SMILES string of the molecule is C=CC1=C(/C=C\C)S(=O)CCC1=C. The van der Waals surface area contributed by atoms with Crippen LogP contribution in [0.5, 0.6) is 0 Å². The minimum absolute atomic E-state index is 0.690. The molecule has 0 aromatic carbocycles. The first-order valence-corrected chi connectivity index (χ1v) is 5.58. The average molecular weight is 194 g/mol. The molecule has 1 nitrogen and oxygen atoms in total. The molecule has 1 unspecified atom stereocenters. The van der Waals surface area contributed by atoms with Crippen LogP contribution >= 0.6 is 0 Å². The van der Waals surface area contributed by atoms with Gasteiger partial charge in [0.25, 0.3) is 0 Å². The molecule has 1 heterocycles. The number of hydrogen-bond donors (Lipinski definition) is 0.